The molecule has 0 heterocycles. The van der Waals surface area contributed by atoms with Crippen LogP contribution in [0.2, 0.25) is 0 Å². The van der Waals surface area contributed by atoms with Crippen LogP contribution in [-0.4, -0.2) is 18.1 Å². The van der Waals surface area contributed by atoms with Gasteiger partial charge in [0.25, 0.3) is 5.69 Å². The van der Waals surface area contributed by atoms with Gasteiger partial charge < -0.3 is 10.1 Å². The maximum absolute atomic E-state index is 10.9. The van der Waals surface area contributed by atoms with Crippen molar-refractivity contribution in [1.29, 1.82) is 0 Å². The molecule has 0 aliphatic heterocycles. The van der Waals surface area contributed by atoms with Gasteiger partial charge in [-0.2, -0.15) is 0 Å². The van der Waals surface area contributed by atoms with E-state index in [-0.39, 0.29) is 10.6 Å². The van der Waals surface area contributed by atoms with Crippen LogP contribution >= 0.6 is 0 Å². The van der Waals surface area contributed by atoms with Crippen molar-refractivity contribution in [3.8, 4) is 5.75 Å². The Morgan fingerprint density at radius 1 is 1.42 bits per heavy atom. The Balaban J connectivity index is 2.05. The van der Waals surface area contributed by atoms with Gasteiger partial charge in [0.15, 0.2) is 0 Å². The fourth-order valence-corrected chi connectivity index (χ4v) is 2.05. The Bertz CT molecular complexity index is 444. The molecule has 1 saturated carbocycles. The van der Waals surface area contributed by atoms with Crippen LogP contribution in [0.15, 0.2) is 18.2 Å². The molecule has 0 radical (unpaired) electrons. The van der Waals surface area contributed by atoms with E-state index in [1.807, 2.05) is 13.0 Å². The fraction of sp³-hybridized carbons (Fsp3) is 0.571. The number of nitro benzene ring substituents is 1. The predicted molar refractivity (Wildman–Crippen MR) is 74.7 cm³/mol. The number of benzene rings is 1. The molecule has 0 bridgehead atoms. The van der Waals surface area contributed by atoms with E-state index >= 15 is 0 Å². The molecular weight excluding hydrogens is 244 g/mol. The molecule has 1 aliphatic rings. The second-order valence-electron chi connectivity index (χ2n) is 5.00. The second kappa shape index (κ2) is 6.41. The van der Waals surface area contributed by atoms with E-state index in [0.29, 0.717) is 18.3 Å². The highest BCUT2D eigenvalue weighted by atomic mass is 16.6. The largest absolute Gasteiger partial charge is 0.493 e. The third-order valence-corrected chi connectivity index (χ3v) is 3.39. The lowest BCUT2D eigenvalue weighted by molar-refractivity contribution is -0.384. The minimum Gasteiger partial charge on any atom is -0.493 e. The summed E-state index contributed by atoms with van der Waals surface area (Å²) in [5.41, 5.74) is 0.844. The van der Waals surface area contributed by atoms with Crippen LogP contribution in [0.3, 0.4) is 0 Å². The van der Waals surface area contributed by atoms with Crippen LogP contribution in [0.5, 0.6) is 5.75 Å². The summed E-state index contributed by atoms with van der Waals surface area (Å²) >= 11 is 0. The van der Waals surface area contributed by atoms with E-state index in [1.54, 1.807) is 6.07 Å². The number of hydrogen-bond acceptors (Lipinski definition) is 4. The fourth-order valence-electron chi connectivity index (χ4n) is 2.05. The zero-order chi connectivity index (χ0) is 13.7. The third-order valence-electron chi connectivity index (χ3n) is 3.39. The SMILES string of the molecule is CCCOc1cc(NCC2CCC2)cc([N+](=O)[O-])c1. The minimum absolute atomic E-state index is 0.0738. The quantitative estimate of drug-likeness (QED) is 0.603. The normalized spacial score (nSPS) is 14.8. The number of anilines is 1. The van der Waals surface area contributed by atoms with Crippen molar-refractivity contribution in [3.63, 3.8) is 0 Å². The lowest BCUT2D eigenvalue weighted by Crippen LogP contribution is -2.20. The summed E-state index contributed by atoms with van der Waals surface area (Å²) in [6.07, 6.45) is 4.68. The molecule has 0 spiro atoms. The third kappa shape index (κ3) is 3.84. The van der Waals surface area contributed by atoms with E-state index in [4.69, 9.17) is 4.74 Å². The van der Waals surface area contributed by atoms with Gasteiger partial charge in [0.1, 0.15) is 5.75 Å². The van der Waals surface area contributed by atoms with Gasteiger partial charge in [0.2, 0.25) is 0 Å². The summed E-state index contributed by atoms with van der Waals surface area (Å²) < 4.78 is 5.49. The van der Waals surface area contributed by atoms with E-state index < -0.39 is 0 Å². The maximum Gasteiger partial charge on any atom is 0.275 e. The molecule has 2 rings (SSSR count). The summed E-state index contributed by atoms with van der Waals surface area (Å²) in [6, 6.07) is 4.88. The zero-order valence-electron chi connectivity index (χ0n) is 11.2. The molecule has 5 nitrogen and oxygen atoms in total. The molecule has 1 aromatic carbocycles. The van der Waals surface area contributed by atoms with E-state index in [1.165, 1.54) is 25.3 Å². The van der Waals surface area contributed by atoms with E-state index in [2.05, 4.69) is 5.32 Å². The van der Waals surface area contributed by atoms with Crippen LogP contribution in [0.4, 0.5) is 11.4 Å². The number of nitrogens with one attached hydrogen (secondary N) is 1. The van der Waals surface area contributed by atoms with Gasteiger partial charge >= 0.3 is 0 Å². The van der Waals surface area contributed by atoms with E-state index in [9.17, 15) is 10.1 Å². The molecule has 0 unspecified atom stereocenters. The highest BCUT2D eigenvalue weighted by molar-refractivity contribution is 5.56. The summed E-state index contributed by atoms with van der Waals surface area (Å²) in [7, 11) is 0. The van der Waals surface area contributed by atoms with Gasteiger partial charge in [0.05, 0.1) is 17.6 Å². The highest BCUT2D eigenvalue weighted by Gasteiger charge is 2.17. The second-order valence-corrected chi connectivity index (χ2v) is 5.00. The summed E-state index contributed by atoms with van der Waals surface area (Å²) in [5, 5.41) is 14.2. The van der Waals surface area contributed by atoms with Gasteiger partial charge in [-0.25, -0.2) is 0 Å². The molecule has 1 aliphatic carbocycles. The molecule has 0 amide bonds. The molecule has 104 valence electrons. The van der Waals surface area contributed by atoms with Crippen LogP contribution in [0, 0.1) is 16.0 Å². The molecular formula is C14H20N2O3. The Labute approximate surface area is 113 Å². The van der Waals surface area contributed by atoms with Crippen molar-refractivity contribution in [3.05, 3.63) is 28.3 Å². The average molecular weight is 264 g/mol. The standard InChI is InChI=1S/C14H20N2O3/c1-2-6-19-14-8-12(7-13(9-14)16(17)18)15-10-11-4-3-5-11/h7-9,11,15H,2-6,10H2,1H3. The summed E-state index contributed by atoms with van der Waals surface area (Å²) in [4.78, 5) is 10.5. The van der Waals surface area contributed by atoms with Gasteiger partial charge in [-0.05, 0) is 25.2 Å². The first kappa shape index (κ1) is 13.6. The first-order chi connectivity index (χ1) is 9.19. The molecule has 1 N–H and O–H groups in total. The molecule has 5 heteroatoms. The molecule has 0 atom stereocenters. The lowest BCUT2D eigenvalue weighted by Gasteiger charge is -2.25. The summed E-state index contributed by atoms with van der Waals surface area (Å²) in [5.74, 6) is 1.27. The zero-order valence-corrected chi connectivity index (χ0v) is 11.2. The van der Waals surface area contributed by atoms with Crippen LogP contribution in [0.1, 0.15) is 32.6 Å². The maximum atomic E-state index is 10.9. The van der Waals surface area contributed by atoms with Crippen LogP contribution in [0.25, 0.3) is 0 Å². The van der Waals surface area contributed by atoms with Gasteiger partial charge in [-0.15, -0.1) is 0 Å². The number of rotatable bonds is 7. The van der Waals surface area contributed by atoms with Gasteiger partial charge in [-0.3, -0.25) is 10.1 Å². The molecule has 1 aromatic rings. The number of nitro groups is 1. The Morgan fingerprint density at radius 2 is 2.21 bits per heavy atom. The van der Waals surface area contributed by atoms with Gasteiger partial charge in [0, 0.05) is 24.4 Å². The first-order valence-electron chi connectivity index (χ1n) is 6.85. The van der Waals surface area contributed by atoms with Gasteiger partial charge in [-0.1, -0.05) is 13.3 Å². The Morgan fingerprint density at radius 3 is 2.79 bits per heavy atom. The number of hydrogen-bond donors (Lipinski definition) is 1. The highest BCUT2D eigenvalue weighted by Crippen LogP contribution is 2.29. The molecule has 0 saturated heterocycles. The number of ether oxygens (including phenoxy) is 1. The van der Waals surface area contributed by atoms with Crippen molar-refractivity contribution in [2.24, 2.45) is 5.92 Å². The monoisotopic (exact) mass is 264 g/mol. The first-order valence-corrected chi connectivity index (χ1v) is 6.85. The van der Waals surface area contributed by atoms with Crippen molar-refractivity contribution < 1.29 is 9.66 Å². The number of non-ortho nitro benzene ring substituents is 1. The van der Waals surface area contributed by atoms with Crippen molar-refractivity contribution >= 4 is 11.4 Å². The Hall–Kier alpha value is -1.78. The van der Waals surface area contributed by atoms with Crippen molar-refractivity contribution in [2.75, 3.05) is 18.5 Å². The van der Waals surface area contributed by atoms with Crippen molar-refractivity contribution in [1.82, 2.24) is 0 Å². The average Bonchev–Trinajstić information content (AvgIpc) is 2.34. The smallest absolute Gasteiger partial charge is 0.275 e. The lowest BCUT2D eigenvalue weighted by atomic mass is 9.85. The molecule has 1 fully saturated rings. The summed E-state index contributed by atoms with van der Waals surface area (Å²) in [6.45, 7) is 3.46. The molecule has 0 aromatic heterocycles. The number of nitrogens with zero attached hydrogens (tertiary/aromatic N) is 1. The topological polar surface area (TPSA) is 64.4 Å². The van der Waals surface area contributed by atoms with Crippen molar-refractivity contribution in [2.45, 2.75) is 32.6 Å². The minimum atomic E-state index is -0.382. The van der Waals surface area contributed by atoms with Crippen LogP contribution in [-0.2, 0) is 0 Å². The van der Waals surface area contributed by atoms with Crippen LogP contribution < -0.4 is 10.1 Å². The van der Waals surface area contributed by atoms with E-state index in [0.717, 1.165) is 18.7 Å². The Kier molecular flexibility index (Phi) is 4.60. The predicted octanol–water partition coefficient (Wildman–Crippen LogP) is 3.60. The molecule has 19 heavy (non-hydrogen) atoms.